The van der Waals surface area contributed by atoms with Gasteiger partial charge in [0.1, 0.15) is 0 Å². The lowest BCUT2D eigenvalue weighted by molar-refractivity contribution is 1.18. The van der Waals surface area contributed by atoms with E-state index in [9.17, 15) is 0 Å². The molecule has 49 heavy (non-hydrogen) atoms. The van der Waals surface area contributed by atoms with Crippen molar-refractivity contribution in [3.8, 4) is 22.8 Å². The molecule has 0 saturated carbocycles. The molecule has 0 spiro atoms. The van der Waals surface area contributed by atoms with E-state index in [1.54, 1.807) is 11.3 Å². The standard InChI is InChI=1S/C42H24N6S/c1-3-9-25(10-4-1)37-43-39-29-15-7-13-27(21-29)28-14-8-16-30(22-28)40-44-38(26-11-5-2-6-12-26)46-42(48-40)32-18-20-36-34(24-32)33-23-31(41(45-37)47-39)17-19-35(33)49-36/h1-24H. The van der Waals surface area contributed by atoms with Crippen molar-refractivity contribution in [2.75, 3.05) is 0 Å². The van der Waals surface area contributed by atoms with Gasteiger partial charge in [-0.25, -0.2) is 29.9 Å². The topological polar surface area (TPSA) is 77.3 Å². The quantitative estimate of drug-likeness (QED) is 0.186. The summed E-state index contributed by atoms with van der Waals surface area (Å²) in [5, 5.41) is 8.02. The summed E-state index contributed by atoms with van der Waals surface area (Å²) in [7, 11) is 0. The maximum Gasteiger partial charge on any atom is 0.164 e. The summed E-state index contributed by atoms with van der Waals surface area (Å²) in [5.41, 5.74) is 4.38. The molecule has 0 radical (unpaired) electrons. The lowest BCUT2D eigenvalue weighted by Crippen LogP contribution is -1.94. The molecule has 0 aliphatic carbocycles. The molecule has 6 aromatic carbocycles. The van der Waals surface area contributed by atoms with Crippen molar-refractivity contribution >= 4 is 86.4 Å². The number of nitrogens with zero attached hydrogens (tertiary/aromatic N) is 6. The summed E-state index contributed by atoms with van der Waals surface area (Å²) in [4.78, 5) is 30.2. The molecular weight excluding hydrogens is 621 g/mol. The first-order valence-electron chi connectivity index (χ1n) is 16.0. The third kappa shape index (κ3) is 4.87. The zero-order chi connectivity index (χ0) is 32.3. The van der Waals surface area contributed by atoms with Crippen LogP contribution in [0.1, 0.15) is 0 Å². The molecule has 0 atom stereocenters. The number of hydrogen-bond acceptors (Lipinski definition) is 7. The number of hydrogen-bond donors (Lipinski definition) is 0. The van der Waals surface area contributed by atoms with E-state index in [-0.39, 0.29) is 0 Å². The van der Waals surface area contributed by atoms with Crippen LogP contribution >= 0.6 is 11.3 Å². The molecule has 4 heterocycles. The Bertz CT molecular complexity index is 2790. The van der Waals surface area contributed by atoms with E-state index < -0.39 is 0 Å². The second-order valence-electron chi connectivity index (χ2n) is 12.0. The van der Waals surface area contributed by atoms with Crippen LogP contribution in [0.3, 0.4) is 0 Å². The van der Waals surface area contributed by atoms with Gasteiger partial charge in [0.2, 0.25) is 0 Å². The fourth-order valence-electron chi connectivity index (χ4n) is 6.43. The third-order valence-corrected chi connectivity index (χ3v) is 10.0. The molecule has 228 valence electrons. The molecule has 0 amide bonds. The molecule has 0 fully saturated rings. The maximum atomic E-state index is 5.08. The summed E-state index contributed by atoms with van der Waals surface area (Å²) in [6, 6.07) is 49.8. The summed E-state index contributed by atoms with van der Waals surface area (Å²) >= 11 is 1.77. The Hall–Kier alpha value is -6.44. The number of thiophene rings is 1. The molecule has 4 aromatic heterocycles. The smallest absolute Gasteiger partial charge is 0.164 e. The summed E-state index contributed by atoms with van der Waals surface area (Å²) in [6.45, 7) is 0. The molecule has 0 aliphatic heterocycles. The van der Waals surface area contributed by atoms with Gasteiger partial charge in [-0.3, -0.25) is 0 Å². The van der Waals surface area contributed by atoms with Gasteiger partial charge in [-0.15, -0.1) is 11.3 Å². The molecule has 6 nitrogen and oxygen atoms in total. The highest BCUT2D eigenvalue weighted by atomic mass is 32.1. The summed E-state index contributed by atoms with van der Waals surface area (Å²) in [6.07, 6.45) is 0. The average Bonchev–Trinajstić information content (AvgIpc) is 3.55. The van der Waals surface area contributed by atoms with Gasteiger partial charge in [0.05, 0.1) is 0 Å². The zero-order valence-corrected chi connectivity index (χ0v) is 26.8. The maximum absolute atomic E-state index is 5.08. The minimum absolute atomic E-state index is 0.621. The van der Waals surface area contributed by atoms with E-state index in [1.165, 1.54) is 9.40 Å². The Kier molecular flexibility index (Phi) is 6.25. The Morgan fingerprint density at radius 2 is 0.694 bits per heavy atom. The van der Waals surface area contributed by atoms with Gasteiger partial charge in [0, 0.05) is 52.8 Å². The highest BCUT2D eigenvalue weighted by Crippen LogP contribution is 2.36. The molecule has 0 saturated heterocycles. The summed E-state index contributed by atoms with van der Waals surface area (Å²) in [5.74, 6) is 1.27. The third-order valence-electron chi connectivity index (χ3n) is 8.90. The van der Waals surface area contributed by atoms with E-state index in [0.717, 1.165) is 54.2 Å². The van der Waals surface area contributed by atoms with Crippen LogP contribution in [0.25, 0.3) is 97.9 Å². The van der Waals surface area contributed by atoms with Gasteiger partial charge < -0.3 is 0 Å². The second kappa shape index (κ2) is 11.1. The van der Waals surface area contributed by atoms with Crippen LogP contribution in [0.15, 0.2) is 146 Å². The lowest BCUT2D eigenvalue weighted by Gasteiger charge is -2.04. The Balaban J connectivity index is 1.40. The largest absolute Gasteiger partial charge is 0.208 e. The van der Waals surface area contributed by atoms with Gasteiger partial charge in [-0.1, -0.05) is 97.1 Å². The van der Waals surface area contributed by atoms with E-state index in [0.29, 0.717) is 34.2 Å². The van der Waals surface area contributed by atoms with Crippen LogP contribution in [0.5, 0.6) is 0 Å². The van der Waals surface area contributed by atoms with Crippen molar-refractivity contribution in [1.29, 1.82) is 0 Å². The van der Waals surface area contributed by atoms with Crippen molar-refractivity contribution < 1.29 is 0 Å². The van der Waals surface area contributed by atoms with Gasteiger partial charge in [-0.2, -0.15) is 0 Å². The fraction of sp³-hybridized carbons (Fsp3) is 0. The zero-order valence-electron chi connectivity index (χ0n) is 25.9. The van der Waals surface area contributed by atoms with Gasteiger partial charge in [-0.05, 0) is 59.3 Å². The van der Waals surface area contributed by atoms with Crippen LogP contribution in [0.2, 0.25) is 0 Å². The molecular formula is C42H24N6S. The Morgan fingerprint density at radius 1 is 0.306 bits per heavy atom. The molecule has 0 unspecified atom stereocenters. The lowest BCUT2D eigenvalue weighted by atomic mass is 10.1. The SMILES string of the molecule is c1ccc(-c2nc3nc(n2)c2ccc4sc5ccc(cc5c4c2)c2nc(-c4ccccc4)nc(n2)c2cccc(c2)c2cccc3c2)cc1. The predicted molar refractivity (Wildman–Crippen MR) is 202 cm³/mol. The Labute approximate surface area is 283 Å². The first-order chi connectivity index (χ1) is 24.2. The highest BCUT2D eigenvalue weighted by Gasteiger charge is 2.11. The molecule has 12 bridgehead atoms. The van der Waals surface area contributed by atoms with E-state index in [2.05, 4.69) is 84.9 Å². The normalized spacial score (nSPS) is 11.7. The number of fused-ring (bicyclic) bond motifs is 15. The van der Waals surface area contributed by atoms with Crippen LogP contribution in [-0.4, -0.2) is 29.9 Å². The van der Waals surface area contributed by atoms with Crippen molar-refractivity contribution in [3.63, 3.8) is 0 Å². The molecule has 10 aromatic rings. The van der Waals surface area contributed by atoms with Crippen molar-refractivity contribution in [2.24, 2.45) is 0 Å². The molecule has 7 heteroatoms. The minimum atomic E-state index is 0.621. The minimum Gasteiger partial charge on any atom is -0.208 e. The number of benzene rings is 6. The molecule has 0 aliphatic rings. The molecule has 0 N–H and O–H groups in total. The van der Waals surface area contributed by atoms with E-state index in [4.69, 9.17) is 29.9 Å². The van der Waals surface area contributed by atoms with Crippen molar-refractivity contribution in [3.05, 3.63) is 146 Å². The van der Waals surface area contributed by atoms with Crippen LogP contribution < -0.4 is 0 Å². The van der Waals surface area contributed by atoms with Crippen molar-refractivity contribution in [2.45, 2.75) is 0 Å². The van der Waals surface area contributed by atoms with Gasteiger partial charge >= 0.3 is 0 Å². The first kappa shape index (κ1) is 27.7. The molecule has 10 rings (SSSR count). The van der Waals surface area contributed by atoms with Crippen LogP contribution in [0.4, 0.5) is 0 Å². The summed E-state index contributed by atoms with van der Waals surface area (Å²) < 4.78 is 2.38. The number of rotatable bonds is 2. The monoisotopic (exact) mass is 644 g/mol. The predicted octanol–water partition coefficient (Wildman–Crippen LogP) is 10.6. The fourth-order valence-corrected chi connectivity index (χ4v) is 7.50. The van der Waals surface area contributed by atoms with Crippen LogP contribution in [0, 0.1) is 0 Å². The Morgan fingerprint density at radius 3 is 1.12 bits per heavy atom. The van der Waals surface area contributed by atoms with Gasteiger partial charge in [0.25, 0.3) is 0 Å². The van der Waals surface area contributed by atoms with E-state index >= 15 is 0 Å². The average molecular weight is 645 g/mol. The van der Waals surface area contributed by atoms with Crippen LogP contribution in [-0.2, 0) is 0 Å². The van der Waals surface area contributed by atoms with Crippen molar-refractivity contribution in [1.82, 2.24) is 29.9 Å². The highest BCUT2D eigenvalue weighted by molar-refractivity contribution is 7.25. The first-order valence-corrected chi connectivity index (χ1v) is 16.8. The second-order valence-corrected chi connectivity index (χ2v) is 13.1. The number of aromatic nitrogens is 6. The van der Waals surface area contributed by atoms with Gasteiger partial charge in [0.15, 0.2) is 34.2 Å². The van der Waals surface area contributed by atoms with E-state index in [1.807, 2.05) is 60.7 Å².